The fourth-order valence-corrected chi connectivity index (χ4v) is 2.91. The Kier molecular flexibility index (Phi) is 5.40. The van der Waals surface area contributed by atoms with Gasteiger partial charge in [0.25, 0.3) is 0 Å². The van der Waals surface area contributed by atoms with Gasteiger partial charge < -0.3 is 16.0 Å². The third-order valence-corrected chi connectivity index (χ3v) is 4.26. The molecule has 1 saturated carbocycles. The zero-order valence-electron chi connectivity index (χ0n) is 12.5. The quantitative estimate of drug-likeness (QED) is 0.580. The molecule has 1 aliphatic carbocycles. The van der Waals surface area contributed by atoms with E-state index in [1.165, 1.54) is 0 Å². The van der Waals surface area contributed by atoms with Gasteiger partial charge in [-0.05, 0) is 38.6 Å². The molecule has 0 spiro atoms. The van der Waals surface area contributed by atoms with Gasteiger partial charge >= 0.3 is 0 Å². The molecule has 0 aromatic rings. The summed E-state index contributed by atoms with van der Waals surface area (Å²) in [6.45, 7) is 4.43. The van der Waals surface area contributed by atoms with Crippen LogP contribution >= 0.6 is 0 Å². The van der Waals surface area contributed by atoms with E-state index in [0.29, 0.717) is 19.0 Å². The van der Waals surface area contributed by atoms with Gasteiger partial charge in [0.2, 0.25) is 11.8 Å². The maximum absolute atomic E-state index is 12.3. The Morgan fingerprint density at radius 3 is 2.75 bits per heavy atom. The van der Waals surface area contributed by atoms with Gasteiger partial charge in [0.15, 0.2) is 0 Å². The first-order chi connectivity index (χ1) is 9.66. The van der Waals surface area contributed by atoms with Gasteiger partial charge in [0.1, 0.15) is 0 Å². The summed E-state index contributed by atoms with van der Waals surface area (Å²) in [6.07, 6.45) is 6.36. The van der Waals surface area contributed by atoms with Crippen molar-refractivity contribution in [1.82, 2.24) is 16.0 Å². The zero-order chi connectivity index (χ0) is 14.4. The SMILES string of the molecule is CCCC1(C(=O)NCCCC(=O)NC2CC2)CCNC1. The van der Waals surface area contributed by atoms with Crippen LogP contribution in [0.5, 0.6) is 0 Å². The van der Waals surface area contributed by atoms with Gasteiger partial charge in [-0.1, -0.05) is 13.3 Å². The van der Waals surface area contributed by atoms with Crippen LogP contribution in [0.1, 0.15) is 51.9 Å². The second-order valence-corrected chi connectivity index (χ2v) is 6.16. The van der Waals surface area contributed by atoms with Gasteiger partial charge in [0.05, 0.1) is 5.41 Å². The molecule has 5 nitrogen and oxygen atoms in total. The number of carbonyl (C=O) groups is 2. The lowest BCUT2D eigenvalue weighted by atomic mass is 9.81. The summed E-state index contributed by atoms with van der Waals surface area (Å²) in [7, 11) is 0. The minimum Gasteiger partial charge on any atom is -0.356 e. The lowest BCUT2D eigenvalue weighted by Crippen LogP contribution is -2.43. The van der Waals surface area contributed by atoms with E-state index in [4.69, 9.17) is 0 Å². The standard InChI is InChI=1S/C15H27N3O2/c1-2-7-15(8-10-16-11-15)14(20)17-9-3-4-13(19)18-12-5-6-12/h12,16H,2-11H2,1H3,(H,17,20)(H,18,19). The van der Waals surface area contributed by atoms with E-state index in [0.717, 1.165) is 51.6 Å². The highest BCUT2D eigenvalue weighted by Crippen LogP contribution is 2.31. The molecule has 0 aromatic carbocycles. The van der Waals surface area contributed by atoms with Crippen molar-refractivity contribution in [1.29, 1.82) is 0 Å². The van der Waals surface area contributed by atoms with Crippen LogP contribution in [0.25, 0.3) is 0 Å². The second kappa shape index (κ2) is 7.07. The Hall–Kier alpha value is -1.10. The highest BCUT2D eigenvalue weighted by molar-refractivity contribution is 5.83. The highest BCUT2D eigenvalue weighted by atomic mass is 16.2. The summed E-state index contributed by atoms with van der Waals surface area (Å²) in [5.74, 6) is 0.277. The zero-order valence-corrected chi connectivity index (χ0v) is 12.5. The van der Waals surface area contributed by atoms with Crippen LogP contribution in [-0.2, 0) is 9.59 Å². The third kappa shape index (κ3) is 4.20. The average molecular weight is 281 g/mol. The summed E-state index contributed by atoms with van der Waals surface area (Å²) in [5, 5.41) is 9.27. The van der Waals surface area contributed by atoms with Crippen molar-refractivity contribution in [3.8, 4) is 0 Å². The summed E-state index contributed by atoms with van der Waals surface area (Å²) in [4.78, 5) is 23.9. The molecule has 0 bridgehead atoms. The monoisotopic (exact) mass is 281 g/mol. The summed E-state index contributed by atoms with van der Waals surface area (Å²) in [5.41, 5.74) is -0.217. The molecule has 2 rings (SSSR count). The molecule has 1 atom stereocenters. The van der Waals surface area contributed by atoms with E-state index < -0.39 is 0 Å². The fourth-order valence-electron chi connectivity index (χ4n) is 2.91. The lowest BCUT2D eigenvalue weighted by molar-refractivity contribution is -0.130. The maximum Gasteiger partial charge on any atom is 0.227 e. The number of hydrogen-bond acceptors (Lipinski definition) is 3. The first-order valence-corrected chi connectivity index (χ1v) is 7.95. The molecule has 0 aromatic heterocycles. The van der Waals surface area contributed by atoms with Crippen LogP contribution in [-0.4, -0.2) is 37.5 Å². The van der Waals surface area contributed by atoms with Crippen LogP contribution in [0.4, 0.5) is 0 Å². The van der Waals surface area contributed by atoms with Crippen molar-refractivity contribution < 1.29 is 9.59 Å². The van der Waals surface area contributed by atoms with E-state index in [1.807, 2.05) is 0 Å². The predicted octanol–water partition coefficient (Wildman–Crippen LogP) is 0.941. The highest BCUT2D eigenvalue weighted by Gasteiger charge is 2.39. The predicted molar refractivity (Wildman–Crippen MR) is 78.2 cm³/mol. The molecule has 2 amide bonds. The van der Waals surface area contributed by atoms with Crippen LogP contribution in [0, 0.1) is 5.41 Å². The van der Waals surface area contributed by atoms with Crippen LogP contribution < -0.4 is 16.0 Å². The maximum atomic E-state index is 12.3. The minimum atomic E-state index is -0.217. The molecule has 1 saturated heterocycles. The molecular weight excluding hydrogens is 254 g/mol. The van der Waals surface area contributed by atoms with Crippen LogP contribution in [0.15, 0.2) is 0 Å². The second-order valence-electron chi connectivity index (χ2n) is 6.16. The molecule has 1 unspecified atom stereocenters. The molecular formula is C15H27N3O2. The Labute approximate surface area is 121 Å². The minimum absolute atomic E-state index is 0.118. The molecule has 20 heavy (non-hydrogen) atoms. The smallest absolute Gasteiger partial charge is 0.227 e. The van der Waals surface area contributed by atoms with Gasteiger partial charge in [-0.15, -0.1) is 0 Å². The topological polar surface area (TPSA) is 70.2 Å². The van der Waals surface area contributed by atoms with Crippen molar-refractivity contribution in [3.05, 3.63) is 0 Å². The first-order valence-electron chi connectivity index (χ1n) is 7.95. The molecule has 3 N–H and O–H groups in total. The Balaban J connectivity index is 1.64. The number of carbonyl (C=O) groups excluding carboxylic acids is 2. The van der Waals surface area contributed by atoms with Gasteiger partial charge in [-0.2, -0.15) is 0 Å². The van der Waals surface area contributed by atoms with Crippen LogP contribution in [0.2, 0.25) is 0 Å². The van der Waals surface area contributed by atoms with Gasteiger partial charge in [-0.3, -0.25) is 9.59 Å². The fraction of sp³-hybridized carbons (Fsp3) is 0.867. The van der Waals surface area contributed by atoms with Gasteiger partial charge in [-0.25, -0.2) is 0 Å². The number of hydrogen-bond donors (Lipinski definition) is 3. The van der Waals surface area contributed by atoms with E-state index in [1.54, 1.807) is 0 Å². The van der Waals surface area contributed by atoms with E-state index in [9.17, 15) is 9.59 Å². The molecule has 114 valence electrons. The lowest BCUT2D eigenvalue weighted by Gasteiger charge is -2.26. The first kappa shape index (κ1) is 15.3. The van der Waals surface area contributed by atoms with Gasteiger partial charge in [0, 0.05) is 25.6 Å². The molecule has 0 radical (unpaired) electrons. The molecule has 1 heterocycles. The molecule has 5 heteroatoms. The number of amides is 2. The average Bonchev–Trinajstić information content (AvgIpc) is 3.10. The van der Waals surface area contributed by atoms with E-state index in [2.05, 4.69) is 22.9 Å². The summed E-state index contributed by atoms with van der Waals surface area (Å²) in [6, 6.07) is 0.425. The normalized spacial score (nSPS) is 25.4. The van der Waals surface area contributed by atoms with E-state index in [-0.39, 0.29) is 17.2 Å². The van der Waals surface area contributed by atoms with Crippen molar-refractivity contribution in [2.45, 2.75) is 57.9 Å². The van der Waals surface area contributed by atoms with Crippen LogP contribution in [0.3, 0.4) is 0 Å². The number of rotatable bonds is 8. The number of nitrogens with one attached hydrogen (secondary N) is 3. The molecule has 1 aliphatic heterocycles. The largest absolute Gasteiger partial charge is 0.356 e. The molecule has 2 aliphatic rings. The molecule has 2 fully saturated rings. The van der Waals surface area contributed by atoms with Crippen molar-refractivity contribution in [2.24, 2.45) is 5.41 Å². The Bertz CT molecular complexity index is 347. The summed E-state index contributed by atoms with van der Waals surface area (Å²) >= 11 is 0. The van der Waals surface area contributed by atoms with Crippen molar-refractivity contribution in [2.75, 3.05) is 19.6 Å². The Morgan fingerprint density at radius 1 is 1.35 bits per heavy atom. The Morgan fingerprint density at radius 2 is 2.15 bits per heavy atom. The van der Waals surface area contributed by atoms with Crippen molar-refractivity contribution in [3.63, 3.8) is 0 Å². The summed E-state index contributed by atoms with van der Waals surface area (Å²) < 4.78 is 0. The third-order valence-electron chi connectivity index (χ3n) is 4.26. The van der Waals surface area contributed by atoms with Crippen molar-refractivity contribution >= 4 is 11.8 Å². The van der Waals surface area contributed by atoms with E-state index >= 15 is 0 Å².